The molecule has 23 heavy (non-hydrogen) atoms. The molecule has 1 amide bonds. The average Bonchev–Trinajstić information content (AvgIpc) is 3.34. The minimum absolute atomic E-state index is 0.144. The number of nitrogens with one attached hydrogen (secondary N) is 1. The summed E-state index contributed by atoms with van der Waals surface area (Å²) >= 11 is 2.12. The molecular weight excluding hydrogens is 306 g/mol. The molecule has 1 N–H and O–H groups in total. The average molecular weight is 333 g/mol. The highest BCUT2D eigenvalue weighted by Crippen LogP contribution is 2.40. The Bertz CT molecular complexity index is 434. The van der Waals surface area contributed by atoms with E-state index in [9.17, 15) is 4.79 Å². The molecule has 5 heterocycles. The molecule has 5 rings (SSSR count). The summed E-state index contributed by atoms with van der Waals surface area (Å²) in [6.07, 6.45) is 22.1. The molecule has 4 unspecified atom stereocenters. The van der Waals surface area contributed by atoms with E-state index in [-0.39, 0.29) is 5.91 Å². The summed E-state index contributed by atoms with van der Waals surface area (Å²) in [5.41, 5.74) is 0. The number of rotatable bonds is 0. The summed E-state index contributed by atoms with van der Waals surface area (Å²) in [4.78, 5) is 10.7. The number of hydrogen-bond acceptors (Lipinski definition) is 3. The summed E-state index contributed by atoms with van der Waals surface area (Å²) in [6.45, 7) is 0.836. The predicted octanol–water partition coefficient (Wildman–Crippen LogP) is 3.77. The Morgan fingerprint density at radius 3 is 2.09 bits per heavy atom. The first-order valence-corrected chi connectivity index (χ1v) is 9.83. The highest BCUT2D eigenvalue weighted by molar-refractivity contribution is 8.01. The van der Waals surface area contributed by atoms with Gasteiger partial charge in [0.05, 0.1) is 12.2 Å². The van der Waals surface area contributed by atoms with Gasteiger partial charge in [0.2, 0.25) is 5.91 Å². The first-order valence-electron chi connectivity index (χ1n) is 8.89. The van der Waals surface area contributed by atoms with E-state index >= 15 is 0 Å². The fourth-order valence-electron chi connectivity index (χ4n) is 3.27. The van der Waals surface area contributed by atoms with Crippen LogP contribution in [0.5, 0.6) is 0 Å². The molecule has 5 aliphatic heterocycles. The third-order valence-corrected chi connectivity index (χ3v) is 6.08. The maximum absolute atomic E-state index is 10.7. The Morgan fingerprint density at radius 2 is 1.65 bits per heavy atom. The molecule has 2 fully saturated rings. The summed E-state index contributed by atoms with van der Waals surface area (Å²) < 4.78 is 5.36. The molecule has 5 aliphatic rings. The molecule has 0 saturated carbocycles. The van der Waals surface area contributed by atoms with Crippen LogP contribution >= 0.6 is 11.8 Å². The molecule has 4 bridgehead atoms. The lowest BCUT2D eigenvalue weighted by Gasteiger charge is -2.03. The van der Waals surface area contributed by atoms with Crippen molar-refractivity contribution in [2.45, 2.75) is 67.7 Å². The number of fused-ring (bicyclic) bond motifs is 4. The molecule has 0 aromatic rings. The van der Waals surface area contributed by atoms with Gasteiger partial charge in [-0.2, -0.15) is 0 Å². The predicted molar refractivity (Wildman–Crippen MR) is 96.6 cm³/mol. The highest BCUT2D eigenvalue weighted by atomic mass is 32.2. The van der Waals surface area contributed by atoms with Crippen molar-refractivity contribution in [1.29, 1.82) is 0 Å². The standard InChI is InChI=1S/C7H11NO.C6H8O.C6H8S/c9-7-5-3-1-2-4-6-8-7;2*1-2-6-4-3-5(1)7-6/h1,3H,2,4-6H2,(H,8,9);2*1-2,5-6H,3-4H2/b3-1-;;. The van der Waals surface area contributed by atoms with Crippen molar-refractivity contribution < 1.29 is 9.53 Å². The van der Waals surface area contributed by atoms with Gasteiger partial charge in [-0.25, -0.2) is 0 Å². The monoisotopic (exact) mass is 333 g/mol. The van der Waals surface area contributed by atoms with Crippen LogP contribution in [-0.4, -0.2) is 35.2 Å². The SMILES string of the molecule is C1=CC2CCC1O2.C1=CC2CCC1S2.O=C1C/C=C\CCCN1. The zero-order valence-electron chi connectivity index (χ0n) is 13.7. The minimum atomic E-state index is 0.144. The number of amides is 1. The zero-order valence-corrected chi connectivity index (χ0v) is 14.5. The molecule has 4 heteroatoms. The van der Waals surface area contributed by atoms with Gasteiger partial charge in [-0.05, 0) is 38.5 Å². The lowest BCUT2D eigenvalue weighted by atomic mass is 10.1. The number of hydrogen-bond donors (Lipinski definition) is 1. The van der Waals surface area contributed by atoms with Gasteiger partial charge in [-0.15, -0.1) is 11.8 Å². The number of carbonyl (C=O) groups is 1. The molecule has 0 aliphatic carbocycles. The molecule has 2 saturated heterocycles. The summed E-state index contributed by atoms with van der Waals surface area (Å²) in [5.74, 6) is 0.144. The van der Waals surface area contributed by atoms with Crippen LogP contribution in [0.25, 0.3) is 0 Å². The van der Waals surface area contributed by atoms with Gasteiger partial charge in [0.1, 0.15) is 0 Å². The van der Waals surface area contributed by atoms with Crippen molar-refractivity contribution in [2.24, 2.45) is 0 Å². The molecule has 0 radical (unpaired) electrons. The molecule has 0 aromatic heterocycles. The number of thioether (sulfide) groups is 1. The van der Waals surface area contributed by atoms with Crippen molar-refractivity contribution >= 4 is 17.7 Å². The van der Waals surface area contributed by atoms with Crippen LogP contribution in [0.1, 0.15) is 44.9 Å². The van der Waals surface area contributed by atoms with E-state index < -0.39 is 0 Å². The topological polar surface area (TPSA) is 38.3 Å². The van der Waals surface area contributed by atoms with E-state index in [1.165, 1.54) is 25.7 Å². The fraction of sp³-hybridized carbons (Fsp3) is 0.632. The van der Waals surface area contributed by atoms with Gasteiger partial charge in [-0.1, -0.05) is 36.5 Å². The smallest absolute Gasteiger partial charge is 0.223 e. The van der Waals surface area contributed by atoms with Crippen LogP contribution in [0.3, 0.4) is 0 Å². The number of allylic oxidation sites excluding steroid dienone is 1. The van der Waals surface area contributed by atoms with Crippen LogP contribution in [0.15, 0.2) is 36.5 Å². The molecular formula is C19H27NO2S. The van der Waals surface area contributed by atoms with Gasteiger partial charge in [-0.3, -0.25) is 4.79 Å². The van der Waals surface area contributed by atoms with E-state index in [0.29, 0.717) is 18.6 Å². The molecule has 126 valence electrons. The van der Waals surface area contributed by atoms with Gasteiger partial charge in [0.25, 0.3) is 0 Å². The normalized spacial score (nSPS) is 37.1. The first-order chi connectivity index (χ1) is 11.3. The van der Waals surface area contributed by atoms with Gasteiger partial charge in [0, 0.05) is 23.5 Å². The van der Waals surface area contributed by atoms with Crippen LogP contribution in [0.2, 0.25) is 0 Å². The lowest BCUT2D eigenvalue weighted by Crippen LogP contribution is -2.24. The van der Waals surface area contributed by atoms with Gasteiger partial charge in [0.15, 0.2) is 0 Å². The van der Waals surface area contributed by atoms with Crippen molar-refractivity contribution in [1.82, 2.24) is 5.32 Å². The Labute approximate surface area is 143 Å². The Hall–Kier alpha value is -1.00. The van der Waals surface area contributed by atoms with Gasteiger partial charge >= 0.3 is 0 Å². The second-order valence-electron chi connectivity index (χ2n) is 6.52. The van der Waals surface area contributed by atoms with Crippen LogP contribution in [-0.2, 0) is 9.53 Å². The maximum Gasteiger partial charge on any atom is 0.223 e. The first kappa shape index (κ1) is 16.8. The van der Waals surface area contributed by atoms with Crippen LogP contribution in [0.4, 0.5) is 0 Å². The Balaban J connectivity index is 0.000000103. The minimum Gasteiger partial charge on any atom is -0.367 e. The van der Waals surface area contributed by atoms with E-state index in [4.69, 9.17) is 4.74 Å². The molecule has 4 atom stereocenters. The second-order valence-corrected chi connectivity index (χ2v) is 8.00. The van der Waals surface area contributed by atoms with Crippen LogP contribution < -0.4 is 5.32 Å². The fourth-order valence-corrected chi connectivity index (χ4v) is 4.62. The van der Waals surface area contributed by atoms with Crippen molar-refractivity contribution in [3.8, 4) is 0 Å². The largest absolute Gasteiger partial charge is 0.367 e. The van der Waals surface area contributed by atoms with Gasteiger partial charge < -0.3 is 10.1 Å². The third kappa shape index (κ3) is 5.54. The summed E-state index contributed by atoms with van der Waals surface area (Å²) in [6, 6.07) is 0. The van der Waals surface area contributed by atoms with E-state index in [1.807, 2.05) is 6.08 Å². The van der Waals surface area contributed by atoms with E-state index in [2.05, 4.69) is 47.5 Å². The Kier molecular flexibility index (Phi) is 6.40. The van der Waals surface area contributed by atoms with E-state index in [1.54, 1.807) is 0 Å². The quantitative estimate of drug-likeness (QED) is 0.686. The van der Waals surface area contributed by atoms with Crippen molar-refractivity contribution in [3.05, 3.63) is 36.5 Å². The van der Waals surface area contributed by atoms with Crippen molar-refractivity contribution in [2.75, 3.05) is 6.54 Å². The highest BCUT2D eigenvalue weighted by Gasteiger charge is 2.26. The molecule has 3 nitrogen and oxygen atoms in total. The maximum atomic E-state index is 10.7. The Morgan fingerprint density at radius 1 is 0.957 bits per heavy atom. The molecule has 0 spiro atoms. The summed E-state index contributed by atoms with van der Waals surface area (Å²) in [5, 5.41) is 4.61. The number of ether oxygens (including phenoxy) is 1. The van der Waals surface area contributed by atoms with Crippen LogP contribution in [0, 0.1) is 0 Å². The number of carbonyl (C=O) groups excluding carboxylic acids is 1. The molecule has 0 aromatic carbocycles. The van der Waals surface area contributed by atoms with Crippen molar-refractivity contribution in [3.63, 3.8) is 0 Å². The lowest BCUT2D eigenvalue weighted by molar-refractivity contribution is -0.120. The van der Waals surface area contributed by atoms with E-state index in [0.717, 1.165) is 29.9 Å². The second kappa shape index (κ2) is 8.74. The third-order valence-electron chi connectivity index (χ3n) is 4.59. The zero-order chi connectivity index (χ0) is 15.9. The summed E-state index contributed by atoms with van der Waals surface area (Å²) in [7, 11) is 0.